The maximum Gasteiger partial charge on any atom is 0.227 e. The molecule has 0 amide bonds. The van der Waals surface area contributed by atoms with Gasteiger partial charge in [0, 0.05) is 54.2 Å². The summed E-state index contributed by atoms with van der Waals surface area (Å²) in [4.78, 5) is 9.16. The van der Waals surface area contributed by atoms with E-state index in [9.17, 15) is 0 Å². The molecule has 1 atom stereocenters. The number of rotatable bonds is 8. The number of hydrogen-bond acceptors (Lipinski definition) is 6. The number of ether oxygens (including phenoxy) is 1. The largest absolute Gasteiger partial charge is 0.494 e. The highest BCUT2D eigenvalue weighted by Gasteiger charge is 2.18. The van der Waals surface area contributed by atoms with Crippen LogP contribution in [0.2, 0.25) is 5.02 Å². The summed E-state index contributed by atoms with van der Waals surface area (Å²) in [6.45, 7) is 3.82. The van der Waals surface area contributed by atoms with Crippen LogP contribution in [0.3, 0.4) is 0 Å². The molecule has 0 unspecified atom stereocenters. The first-order chi connectivity index (χ1) is 16.5. The summed E-state index contributed by atoms with van der Waals surface area (Å²) < 4.78 is 12.0. The van der Waals surface area contributed by atoms with Crippen LogP contribution in [0.15, 0.2) is 71.1 Å². The normalized spacial score (nSPS) is 16.3. The van der Waals surface area contributed by atoms with Crippen LogP contribution in [0, 0.1) is 0 Å². The molecule has 0 spiro atoms. The number of anilines is 2. The molecule has 1 fully saturated rings. The third kappa shape index (κ3) is 5.20. The van der Waals surface area contributed by atoms with Gasteiger partial charge in [-0.3, -0.25) is 0 Å². The van der Waals surface area contributed by atoms with Gasteiger partial charge in [0.2, 0.25) is 5.89 Å². The highest BCUT2D eigenvalue weighted by molar-refractivity contribution is 6.30. The Hall–Kier alpha value is -3.06. The van der Waals surface area contributed by atoms with Gasteiger partial charge < -0.3 is 24.7 Å². The van der Waals surface area contributed by atoms with Gasteiger partial charge in [-0.05, 0) is 80.1 Å². The number of halogens is 1. The molecule has 0 saturated carbocycles. The van der Waals surface area contributed by atoms with Gasteiger partial charge >= 0.3 is 0 Å². The molecule has 7 heteroatoms. The summed E-state index contributed by atoms with van der Waals surface area (Å²) in [6, 6.07) is 22.0. The number of oxazole rings is 1. The molecule has 2 heterocycles. The lowest BCUT2D eigenvalue weighted by Crippen LogP contribution is -2.28. The van der Waals surface area contributed by atoms with Gasteiger partial charge in [-0.1, -0.05) is 11.6 Å². The SMILES string of the molecule is CN(c1ccc(Cl)cc1)c1ccc2nc(-c3ccc(OCCCN4CC[C@H](N)C4)cc3)oc2c1. The molecule has 0 radical (unpaired) electrons. The van der Waals surface area contributed by atoms with Crippen molar-refractivity contribution in [1.82, 2.24) is 9.88 Å². The second-order valence-electron chi connectivity index (χ2n) is 8.78. The van der Waals surface area contributed by atoms with Gasteiger partial charge in [-0.25, -0.2) is 4.98 Å². The van der Waals surface area contributed by atoms with Gasteiger partial charge in [-0.15, -0.1) is 0 Å². The summed E-state index contributed by atoms with van der Waals surface area (Å²) in [5.74, 6) is 1.45. The fourth-order valence-corrected chi connectivity index (χ4v) is 4.42. The van der Waals surface area contributed by atoms with Gasteiger partial charge in [0.25, 0.3) is 0 Å². The van der Waals surface area contributed by atoms with E-state index in [0.717, 1.165) is 71.3 Å². The number of nitrogens with zero attached hydrogens (tertiary/aromatic N) is 3. The van der Waals surface area contributed by atoms with Crippen molar-refractivity contribution in [3.63, 3.8) is 0 Å². The number of aromatic nitrogens is 1. The van der Waals surface area contributed by atoms with Crippen LogP contribution in [-0.4, -0.2) is 49.2 Å². The van der Waals surface area contributed by atoms with Crippen molar-refractivity contribution in [2.75, 3.05) is 38.2 Å². The predicted octanol–water partition coefficient (Wildman–Crippen LogP) is 5.72. The molecule has 1 saturated heterocycles. The lowest BCUT2D eigenvalue weighted by Gasteiger charge is -2.19. The third-order valence-corrected chi connectivity index (χ3v) is 6.52. The standard InChI is InChI=1S/C27H29ClN4O2/c1-31(22-7-5-20(28)6-8-22)23-9-12-25-26(17-23)34-27(30-25)19-3-10-24(11-4-19)33-16-2-14-32-15-13-21(29)18-32/h3-12,17,21H,2,13-16,18,29H2,1H3/t21-/m0/s1. The average molecular weight is 477 g/mol. The molecule has 0 aliphatic carbocycles. The van der Waals surface area contributed by atoms with Gasteiger partial charge in [-0.2, -0.15) is 0 Å². The smallest absolute Gasteiger partial charge is 0.227 e. The number of fused-ring (bicyclic) bond motifs is 1. The molecule has 1 aliphatic heterocycles. The summed E-state index contributed by atoms with van der Waals surface area (Å²) in [7, 11) is 2.01. The van der Waals surface area contributed by atoms with Crippen molar-refractivity contribution in [3.05, 3.63) is 71.8 Å². The second kappa shape index (κ2) is 10.1. The van der Waals surface area contributed by atoms with Crippen LogP contribution in [0.5, 0.6) is 5.75 Å². The molecule has 3 aromatic carbocycles. The van der Waals surface area contributed by atoms with Crippen molar-refractivity contribution in [2.24, 2.45) is 5.73 Å². The average Bonchev–Trinajstić information content (AvgIpc) is 3.47. The number of nitrogens with two attached hydrogens (primary N) is 1. The summed E-state index contributed by atoms with van der Waals surface area (Å²) in [5.41, 5.74) is 10.5. The predicted molar refractivity (Wildman–Crippen MR) is 138 cm³/mol. The Kier molecular flexibility index (Phi) is 6.72. The highest BCUT2D eigenvalue weighted by Crippen LogP contribution is 2.31. The Morgan fingerprint density at radius 2 is 1.85 bits per heavy atom. The first kappa shape index (κ1) is 22.7. The molecular weight excluding hydrogens is 448 g/mol. The molecular formula is C27H29ClN4O2. The molecule has 176 valence electrons. The van der Waals surface area contributed by atoms with E-state index in [1.54, 1.807) is 0 Å². The maximum absolute atomic E-state index is 6.09. The van der Waals surface area contributed by atoms with Crippen LogP contribution < -0.4 is 15.4 Å². The third-order valence-electron chi connectivity index (χ3n) is 6.27. The first-order valence-electron chi connectivity index (χ1n) is 11.7. The summed E-state index contributed by atoms with van der Waals surface area (Å²) in [5, 5.41) is 0.719. The first-order valence-corrected chi connectivity index (χ1v) is 12.0. The van der Waals surface area contributed by atoms with Crippen molar-refractivity contribution in [3.8, 4) is 17.2 Å². The number of hydrogen-bond donors (Lipinski definition) is 1. The second-order valence-corrected chi connectivity index (χ2v) is 9.22. The molecule has 4 aromatic rings. The zero-order valence-corrected chi connectivity index (χ0v) is 20.0. The van der Waals surface area contributed by atoms with Crippen molar-refractivity contribution >= 4 is 34.1 Å². The van der Waals surface area contributed by atoms with Crippen LogP contribution in [-0.2, 0) is 0 Å². The molecule has 34 heavy (non-hydrogen) atoms. The fourth-order valence-electron chi connectivity index (χ4n) is 4.30. The van der Waals surface area contributed by atoms with E-state index < -0.39 is 0 Å². The topological polar surface area (TPSA) is 67.8 Å². The molecule has 2 N–H and O–H groups in total. The fraction of sp³-hybridized carbons (Fsp3) is 0.296. The zero-order chi connectivity index (χ0) is 23.5. The number of likely N-dealkylation sites (tertiary alicyclic amines) is 1. The van der Waals surface area contributed by atoms with E-state index in [-0.39, 0.29) is 0 Å². The van der Waals surface area contributed by atoms with Gasteiger partial charge in [0.05, 0.1) is 6.61 Å². The molecule has 6 nitrogen and oxygen atoms in total. The number of benzene rings is 3. The van der Waals surface area contributed by atoms with Gasteiger partial charge in [0.15, 0.2) is 5.58 Å². The van der Waals surface area contributed by atoms with E-state index in [0.29, 0.717) is 18.5 Å². The summed E-state index contributed by atoms with van der Waals surface area (Å²) in [6.07, 6.45) is 2.09. The lowest BCUT2D eigenvalue weighted by molar-refractivity contribution is 0.262. The molecule has 5 rings (SSSR count). The molecule has 1 aliphatic rings. The Morgan fingerprint density at radius 3 is 2.59 bits per heavy atom. The van der Waals surface area contributed by atoms with Crippen molar-refractivity contribution < 1.29 is 9.15 Å². The quantitative estimate of drug-likeness (QED) is 0.328. The summed E-state index contributed by atoms with van der Waals surface area (Å²) >= 11 is 6.02. The van der Waals surface area contributed by atoms with Crippen molar-refractivity contribution in [1.29, 1.82) is 0 Å². The Bertz CT molecular complexity index is 1240. The maximum atomic E-state index is 6.09. The van der Waals surface area contributed by atoms with E-state index in [1.165, 1.54) is 0 Å². The van der Waals surface area contributed by atoms with Crippen molar-refractivity contribution in [2.45, 2.75) is 18.9 Å². The van der Waals surface area contributed by atoms with Crippen LogP contribution in [0.1, 0.15) is 12.8 Å². The zero-order valence-electron chi connectivity index (χ0n) is 19.3. The van der Waals surface area contributed by atoms with Crippen LogP contribution in [0.4, 0.5) is 11.4 Å². The minimum atomic E-state index is 0.330. The minimum Gasteiger partial charge on any atom is -0.494 e. The Balaban J connectivity index is 1.22. The highest BCUT2D eigenvalue weighted by atomic mass is 35.5. The van der Waals surface area contributed by atoms with Crippen LogP contribution >= 0.6 is 11.6 Å². The molecule has 0 bridgehead atoms. The minimum absolute atomic E-state index is 0.330. The monoisotopic (exact) mass is 476 g/mol. The van der Waals surface area contributed by atoms with Gasteiger partial charge in [0.1, 0.15) is 11.3 Å². The van der Waals surface area contributed by atoms with E-state index >= 15 is 0 Å². The van der Waals surface area contributed by atoms with E-state index in [4.69, 9.17) is 26.5 Å². The van der Waals surface area contributed by atoms with E-state index in [2.05, 4.69) is 14.8 Å². The lowest BCUT2D eigenvalue weighted by atomic mass is 10.2. The Morgan fingerprint density at radius 1 is 1.09 bits per heavy atom. The Labute approximate surface area is 204 Å². The van der Waals surface area contributed by atoms with E-state index in [1.807, 2.05) is 73.8 Å². The van der Waals surface area contributed by atoms with Crippen LogP contribution in [0.25, 0.3) is 22.6 Å². The molecule has 1 aromatic heterocycles.